The summed E-state index contributed by atoms with van der Waals surface area (Å²) in [6.07, 6.45) is -0.895. The van der Waals surface area contributed by atoms with Crippen LogP contribution in [-0.4, -0.2) is 29.6 Å². The summed E-state index contributed by atoms with van der Waals surface area (Å²) in [7, 11) is 0. The van der Waals surface area contributed by atoms with Crippen LogP contribution in [0, 0.1) is 6.92 Å². The first-order chi connectivity index (χ1) is 13.8. The minimum absolute atomic E-state index is 0.100. The molecule has 0 fully saturated rings. The molecule has 0 spiro atoms. The van der Waals surface area contributed by atoms with E-state index in [2.05, 4.69) is 16.2 Å². The lowest BCUT2D eigenvalue weighted by Crippen LogP contribution is -2.51. The van der Waals surface area contributed by atoms with Gasteiger partial charge in [-0.2, -0.15) is 0 Å². The van der Waals surface area contributed by atoms with Gasteiger partial charge < -0.3 is 9.47 Å². The van der Waals surface area contributed by atoms with Gasteiger partial charge in [-0.05, 0) is 55.9 Å². The van der Waals surface area contributed by atoms with Gasteiger partial charge in [0.05, 0.1) is 5.02 Å². The van der Waals surface area contributed by atoms with Crippen molar-refractivity contribution in [3.05, 3.63) is 58.1 Å². The normalized spacial score (nSPS) is 11.2. The molecule has 0 bridgehead atoms. The maximum Gasteiger partial charge on any atom is 0.276 e. The van der Waals surface area contributed by atoms with E-state index in [0.29, 0.717) is 16.5 Å². The molecular weight excluding hydrogens is 437 g/mol. The van der Waals surface area contributed by atoms with Gasteiger partial charge in [-0.1, -0.05) is 41.4 Å². The molecule has 10 heteroatoms. The Labute approximate surface area is 183 Å². The van der Waals surface area contributed by atoms with Crippen molar-refractivity contribution in [3.63, 3.8) is 0 Å². The van der Waals surface area contributed by atoms with Gasteiger partial charge in [0.1, 0.15) is 11.5 Å². The van der Waals surface area contributed by atoms with Crippen LogP contribution in [-0.2, 0) is 9.59 Å². The number of carbonyl (C=O) groups excluding carboxylic acids is 2. The summed E-state index contributed by atoms with van der Waals surface area (Å²) in [5.41, 5.74) is 5.67. The number of carbonyl (C=O) groups is 2. The van der Waals surface area contributed by atoms with Crippen LogP contribution < -0.4 is 25.6 Å². The van der Waals surface area contributed by atoms with Crippen molar-refractivity contribution in [2.75, 3.05) is 6.61 Å². The van der Waals surface area contributed by atoms with Gasteiger partial charge in [0, 0.05) is 5.02 Å². The highest BCUT2D eigenvalue weighted by Crippen LogP contribution is 2.28. The van der Waals surface area contributed by atoms with Crippen LogP contribution in [0.2, 0.25) is 10.0 Å². The predicted molar refractivity (Wildman–Crippen MR) is 115 cm³/mol. The van der Waals surface area contributed by atoms with Crippen LogP contribution >= 0.6 is 35.4 Å². The smallest absolute Gasteiger partial charge is 0.276 e. The molecule has 2 rings (SSSR count). The van der Waals surface area contributed by atoms with Gasteiger partial charge in [-0.3, -0.25) is 25.8 Å². The molecule has 2 aromatic carbocycles. The summed E-state index contributed by atoms with van der Waals surface area (Å²) in [4.78, 5) is 24.0. The molecule has 0 aromatic heterocycles. The minimum atomic E-state index is -0.895. The average molecular weight is 456 g/mol. The zero-order chi connectivity index (χ0) is 21.4. The number of hydrazine groups is 1. The molecular formula is C19H19Cl2N3O4S. The lowest BCUT2D eigenvalue weighted by Gasteiger charge is -2.17. The molecule has 0 radical (unpaired) electrons. The van der Waals surface area contributed by atoms with Crippen molar-refractivity contribution >= 4 is 52.3 Å². The number of hydrogen-bond acceptors (Lipinski definition) is 5. The Balaban J connectivity index is 1.74. The summed E-state index contributed by atoms with van der Waals surface area (Å²) in [5, 5.41) is 3.03. The number of para-hydroxylation sites is 1. The SMILES string of the molecule is Cc1ccccc1OCC(=O)NNC(=S)NC(=O)C(C)Oc1ccc(Cl)cc1Cl. The maximum absolute atomic E-state index is 12.2. The Morgan fingerprint density at radius 2 is 1.83 bits per heavy atom. The summed E-state index contributed by atoms with van der Waals surface area (Å²) >= 11 is 16.8. The molecule has 154 valence electrons. The largest absolute Gasteiger partial charge is 0.483 e. The number of aryl methyl sites for hydroxylation is 1. The van der Waals surface area contributed by atoms with E-state index in [1.165, 1.54) is 13.0 Å². The fourth-order valence-corrected chi connectivity index (χ4v) is 2.69. The van der Waals surface area contributed by atoms with Crippen molar-refractivity contribution < 1.29 is 19.1 Å². The molecule has 7 nitrogen and oxygen atoms in total. The Bertz CT molecular complexity index is 911. The monoisotopic (exact) mass is 455 g/mol. The Hall–Kier alpha value is -2.55. The molecule has 2 aromatic rings. The van der Waals surface area contributed by atoms with Crippen LogP contribution in [0.25, 0.3) is 0 Å². The van der Waals surface area contributed by atoms with Crippen molar-refractivity contribution in [1.82, 2.24) is 16.2 Å². The fraction of sp³-hybridized carbons (Fsp3) is 0.211. The molecule has 1 unspecified atom stereocenters. The number of amides is 2. The first-order valence-electron chi connectivity index (χ1n) is 8.46. The molecule has 0 heterocycles. The minimum Gasteiger partial charge on any atom is -0.483 e. The van der Waals surface area contributed by atoms with Gasteiger partial charge >= 0.3 is 0 Å². The average Bonchev–Trinajstić information content (AvgIpc) is 2.67. The zero-order valence-corrected chi connectivity index (χ0v) is 18.0. The lowest BCUT2D eigenvalue weighted by atomic mass is 10.2. The van der Waals surface area contributed by atoms with Crippen molar-refractivity contribution in [2.24, 2.45) is 0 Å². The summed E-state index contributed by atoms with van der Waals surface area (Å²) in [6.45, 7) is 3.18. The number of ether oxygens (including phenoxy) is 2. The van der Waals surface area contributed by atoms with E-state index >= 15 is 0 Å². The van der Waals surface area contributed by atoms with Crippen LogP contribution in [0.4, 0.5) is 0 Å². The van der Waals surface area contributed by atoms with Crippen LogP contribution in [0.1, 0.15) is 12.5 Å². The number of benzene rings is 2. The highest BCUT2D eigenvalue weighted by Gasteiger charge is 2.17. The third-order valence-corrected chi connectivity index (χ3v) is 4.31. The number of halogens is 2. The van der Waals surface area contributed by atoms with E-state index in [1.807, 2.05) is 25.1 Å². The second kappa shape index (κ2) is 10.8. The second-order valence-electron chi connectivity index (χ2n) is 5.88. The number of thiocarbonyl (C=S) groups is 1. The molecule has 3 N–H and O–H groups in total. The van der Waals surface area contributed by atoms with Crippen LogP contribution in [0.15, 0.2) is 42.5 Å². The highest BCUT2D eigenvalue weighted by atomic mass is 35.5. The third-order valence-electron chi connectivity index (χ3n) is 3.57. The first kappa shape index (κ1) is 22.7. The molecule has 1 atom stereocenters. The van der Waals surface area contributed by atoms with Crippen LogP contribution in [0.3, 0.4) is 0 Å². The van der Waals surface area contributed by atoms with E-state index in [9.17, 15) is 9.59 Å². The van der Waals surface area contributed by atoms with Gasteiger partial charge in [0.15, 0.2) is 17.8 Å². The molecule has 29 heavy (non-hydrogen) atoms. The summed E-state index contributed by atoms with van der Waals surface area (Å²) in [5.74, 6) is -0.0920. The van der Waals surface area contributed by atoms with Gasteiger partial charge in [0.2, 0.25) is 0 Å². The zero-order valence-electron chi connectivity index (χ0n) is 15.6. The van der Waals surface area contributed by atoms with E-state index in [4.69, 9.17) is 44.9 Å². The summed E-state index contributed by atoms with van der Waals surface area (Å²) in [6, 6.07) is 12.0. The molecule has 0 aliphatic heterocycles. The Morgan fingerprint density at radius 1 is 1.10 bits per heavy atom. The second-order valence-corrected chi connectivity index (χ2v) is 7.13. The number of nitrogens with one attached hydrogen (secondary N) is 3. The van der Waals surface area contributed by atoms with E-state index in [0.717, 1.165) is 5.56 Å². The topological polar surface area (TPSA) is 88.7 Å². The Kier molecular flexibility index (Phi) is 8.50. The molecule has 0 aliphatic rings. The molecule has 2 amide bonds. The van der Waals surface area contributed by atoms with Gasteiger partial charge in [-0.25, -0.2) is 0 Å². The molecule has 0 saturated carbocycles. The first-order valence-corrected chi connectivity index (χ1v) is 9.62. The number of rotatable bonds is 6. The quantitative estimate of drug-likeness (QED) is 0.457. The summed E-state index contributed by atoms with van der Waals surface area (Å²) < 4.78 is 10.9. The highest BCUT2D eigenvalue weighted by molar-refractivity contribution is 7.80. The maximum atomic E-state index is 12.2. The predicted octanol–water partition coefficient (Wildman–Crippen LogP) is 3.17. The standard InChI is InChI=1S/C19H19Cl2N3O4S/c1-11-5-3-4-6-15(11)27-10-17(25)23-24-19(29)22-18(26)12(2)28-16-8-7-13(20)9-14(16)21/h3-9,12H,10H2,1-2H3,(H,23,25)(H2,22,24,26,29). The van der Waals surface area contributed by atoms with E-state index in [-0.39, 0.29) is 16.7 Å². The fourth-order valence-electron chi connectivity index (χ4n) is 2.08. The van der Waals surface area contributed by atoms with Crippen molar-refractivity contribution in [1.29, 1.82) is 0 Å². The molecule has 0 aliphatic carbocycles. The Morgan fingerprint density at radius 3 is 2.52 bits per heavy atom. The van der Waals surface area contributed by atoms with E-state index in [1.54, 1.807) is 18.2 Å². The van der Waals surface area contributed by atoms with Crippen molar-refractivity contribution in [2.45, 2.75) is 20.0 Å². The van der Waals surface area contributed by atoms with E-state index < -0.39 is 17.9 Å². The van der Waals surface area contributed by atoms with Crippen LogP contribution in [0.5, 0.6) is 11.5 Å². The third kappa shape index (κ3) is 7.41. The number of hydrogen-bond donors (Lipinski definition) is 3. The lowest BCUT2D eigenvalue weighted by molar-refractivity contribution is -0.126. The van der Waals surface area contributed by atoms with Gasteiger partial charge in [0.25, 0.3) is 11.8 Å². The van der Waals surface area contributed by atoms with Crippen molar-refractivity contribution in [3.8, 4) is 11.5 Å². The van der Waals surface area contributed by atoms with Gasteiger partial charge in [-0.15, -0.1) is 0 Å². The molecule has 0 saturated heterocycles.